The fraction of sp³-hybridized carbons (Fsp3) is 0.273. The van der Waals surface area contributed by atoms with Crippen LogP contribution in [-0.4, -0.2) is 56.1 Å². The minimum Gasteiger partial charge on any atom is -0.497 e. The zero-order valence-corrected chi connectivity index (χ0v) is 17.6. The predicted molar refractivity (Wildman–Crippen MR) is 113 cm³/mol. The fourth-order valence-corrected chi connectivity index (χ4v) is 3.11. The van der Waals surface area contributed by atoms with E-state index in [4.69, 9.17) is 14.2 Å². The highest BCUT2D eigenvalue weighted by Gasteiger charge is 2.37. The molecule has 0 aromatic heterocycles. The second kappa shape index (κ2) is 10.3. The molecule has 2 N–H and O–H groups in total. The first-order valence-electron chi connectivity index (χ1n) is 9.76. The van der Waals surface area contributed by atoms with E-state index in [1.54, 1.807) is 48.5 Å². The standard InChI is InChI=1S/C22H23N3O7/c1-30-16-9-7-15(8-10-16)23-19(26)13-32-22(29)14-11-20(27)25(12-14)24-21(28)17-5-3-4-6-18(17)31-2/h3-10,14H,11-13H2,1-2H3,(H,23,26)(H,24,28)/t14-/m1/s1. The summed E-state index contributed by atoms with van der Waals surface area (Å²) in [7, 11) is 2.97. The number of carbonyl (C=O) groups excluding carboxylic acids is 4. The summed E-state index contributed by atoms with van der Waals surface area (Å²) in [6.45, 7) is -0.554. The van der Waals surface area contributed by atoms with E-state index in [0.29, 0.717) is 17.2 Å². The summed E-state index contributed by atoms with van der Waals surface area (Å²) in [5, 5.41) is 3.66. The van der Waals surface area contributed by atoms with Crippen LogP contribution in [0.1, 0.15) is 16.8 Å². The Kier molecular flexibility index (Phi) is 7.27. The molecule has 1 atom stereocenters. The molecule has 2 aromatic rings. The van der Waals surface area contributed by atoms with Crippen LogP contribution in [0.15, 0.2) is 48.5 Å². The molecule has 3 amide bonds. The zero-order chi connectivity index (χ0) is 23.1. The van der Waals surface area contributed by atoms with E-state index in [1.807, 2.05) is 0 Å². The van der Waals surface area contributed by atoms with Gasteiger partial charge in [-0.1, -0.05) is 12.1 Å². The smallest absolute Gasteiger partial charge is 0.311 e. The third-order valence-corrected chi connectivity index (χ3v) is 4.77. The fourth-order valence-electron chi connectivity index (χ4n) is 3.11. The third-order valence-electron chi connectivity index (χ3n) is 4.77. The van der Waals surface area contributed by atoms with Crippen molar-refractivity contribution >= 4 is 29.4 Å². The van der Waals surface area contributed by atoms with E-state index in [-0.39, 0.29) is 18.5 Å². The van der Waals surface area contributed by atoms with Crippen molar-refractivity contribution in [3.05, 3.63) is 54.1 Å². The van der Waals surface area contributed by atoms with Crippen molar-refractivity contribution in [2.45, 2.75) is 6.42 Å². The molecule has 3 rings (SSSR count). The van der Waals surface area contributed by atoms with Gasteiger partial charge in [-0.2, -0.15) is 0 Å². The molecule has 0 radical (unpaired) electrons. The van der Waals surface area contributed by atoms with Gasteiger partial charge in [0.1, 0.15) is 11.5 Å². The summed E-state index contributed by atoms with van der Waals surface area (Å²) in [5.74, 6) is -1.99. The first kappa shape index (κ1) is 22.6. The van der Waals surface area contributed by atoms with Crippen molar-refractivity contribution in [2.24, 2.45) is 5.92 Å². The Hall–Kier alpha value is -4.08. The lowest BCUT2D eigenvalue weighted by Crippen LogP contribution is -2.43. The highest BCUT2D eigenvalue weighted by Crippen LogP contribution is 2.21. The molecule has 1 saturated heterocycles. The van der Waals surface area contributed by atoms with Crippen molar-refractivity contribution < 1.29 is 33.4 Å². The quantitative estimate of drug-likeness (QED) is 0.593. The number of nitrogens with zero attached hydrogens (tertiary/aromatic N) is 1. The van der Waals surface area contributed by atoms with Gasteiger partial charge >= 0.3 is 5.97 Å². The Morgan fingerprint density at radius 1 is 1.03 bits per heavy atom. The van der Waals surface area contributed by atoms with Crippen molar-refractivity contribution in [3.63, 3.8) is 0 Å². The number of nitrogens with one attached hydrogen (secondary N) is 2. The number of anilines is 1. The third kappa shape index (κ3) is 5.54. The number of hydrogen-bond donors (Lipinski definition) is 2. The number of para-hydroxylation sites is 1. The minimum atomic E-state index is -0.797. The van der Waals surface area contributed by atoms with E-state index < -0.39 is 36.2 Å². The number of carbonyl (C=O) groups is 4. The molecular weight excluding hydrogens is 418 g/mol. The average Bonchev–Trinajstić information content (AvgIpc) is 3.18. The van der Waals surface area contributed by atoms with Gasteiger partial charge in [-0.3, -0.25) is 29.6 Å². The first-order chi connectivity index (χ1) is 15.4. The number of ether oxygens (including phenoxy) is 3. The van der Waals surface area contributed by atoms with Gasteiger partial charge in [0.05, 0.1) is 32.2 Å². The summed E-state index contributed by atoms with van der Waals surface area (Å²) in [6, 6.07) is 13.2. The van der Waals surface area contributed by atoms with Crippen LogP contribution >= 0.6 is 0 Å². The van der Waals surface area contributed by atoms with E-state index in [2.05, 4.69) is 10.7 Å². The van der Waals surface area contributed by atoms with Crippen LogP contribution in [0.3, 0.4) is 0 Å². The van der Waals surface area contributed by atoms with Gasteiger partial charge in [0, 0.05) is 12.1 Å². The van der Waals surface area contributed by atoms with Gasteiger partial charge in [-0.05, 0) is 36.4 Å². The van der Waals surface area contributed by atoms with Gasteiger partial charge < -0.3 is 19.5 Å². The Balaban J connectivity index is 1.48. The highest BCUT2D eigenvalue weighted by atomic mass is 16.5. The van der Waals surface area contributed by atoms with Gasteiger partial charge in [0.15, 0.2) is 6.61 Å². The largest absolute Gasteiger partial charge is 0.497 e. The molecule has 10 nitrogen and oxygen atoms in total. The Labute approximate surface area is 184 Å². The van der Waals surface area contributed by atoms with Gasteiger partial charge in [0.25, 0.3) is 11.8 Å². The number of esters is 1. The van der Waals surface area contributed by atoms with Crippen LogP contribution in [0.25, 0.3) is 0 Å². The number of benzene rings is 2. The highest BCUT2D eigenvalue weighted by molar-refractivity contribution is 5.98. The molecule has 0 bridgehead atoms. The predicted octanol–water partition coefficient (Wildman–Crippen LogP) is 1.38. The Morgan fingerprint density at radius 3 is 2.44 bits per heavy atom. The lowest BCUT2D eigenvalue weighted by molar-refractivity contribution is -0.151. The topological polar surface area (TPSA) is 123 Å². The summed E-state index contributed by atoms with van der Waals surface area (Å²) in [6.07, 6.45) is -0.134. The molecule has 1 aliphatic rings. The number of methoxy groups -OCH3 is 2. The van der Waals surface area contributed by atoms with Crippen LogP contribution < -0.4 is 20.2 Å². The molecule has 2 aromatic carbocycles. The molecule has 1 fully saturated rings. The number of hydrogen-bond acceptors (Lipinski definition) is 7. The van der Waals surface area contributed by atoms with E-state index in [9.17, 15) is 19.2 Å². The van der Waals surface area contributed by atoms with Crippen molar-refractivity contribution in [2.75, 3.05) is 32.7 Å². The second-order valence-corrected chi connectivity index (χ2v) is 6.93. The average molecular weight is 441 g/mol. The first-order valence-corrected chi connectivity index (χ1v) is 9.76. The van der Waals surface area contributed by atoms with Gasteiger partial charge in [0.2, 0.25) is 5.91 Å². The maximum absolute atomic E-state index is 12.5. The lowest BCUT2D eigenvalue weighted by atomic mass is 10.1. The monoisotopic (exact) mass is 441 g/mol. The molecule has 0 aliphatic carbocycles. The second-order valence-electron chi connectivity index (χ2n) is 6.93. The number of rotatable bonds is 8. The molecule has 0 unspecified atom stereocenters. The maximum Gasteiger partial charge on any atom is 0.311 e. The zero-order valence-electron chi connectivity index (χ0n) is 17.6. The maximum atomic E-state index is 12.5. The van der Waals surface area contributed by atoms with Gasteiger partial charge in [-0.25, -0.2) is 0 Å². The SMILES string of the molecule is COc1ccc(NC(=O)COC(=O)[C@@H]2CC(=O)N(NC(=O)c3ccccc3OC)C2)cc1. The molecule has 168 valence electrons. The molecule has 0 saturated carbocycles. The Morgan fingerprint density at radius 2 is 1.75 bits per heavy atom. The Bertz CT molecular complexity index is 1010. The van der Waals surface area contributed by atoms with Crippen LogP contribution in [0.5, 0.6) is 11.5 Å². The van der Waals surface area contributed by atoms with Crippen molar-refractivity contribution in [1.29, 1.82) is 0 Å². The van der Waals surface area contributed by atoms with Crippen molar-refractivity contribution in [1.82, 2.24) is 10.4 Å². The minimum absolute atomic E-state index is 0.0569. The van der Waals surface area contributed by atoms with Crippen LogP contribution in [0, 0.1) is 5.92 Å². The molecule has 1 aliphatic heterocycles. The lowest BCUT2D eigenvalue weighted by Gasteiger charge is -2.18. The molecule has 32 heavy (non-hydrogen) atoms. The van der Waals surface area contributed by atoms with E-state index >= 15 is 0 Å². The summed E-state index contributed by atoms with van der Waals surface area (Å²) in [5.41, 5.74) is 3.25. The van der Waals surface area contributed by atoms with Crippen LogP contribution in [-0.2, 0) is 19.1 Å². The summed E-state index contributed by atoms with van der Waals surface area (Å²) >= 11 is 0. The van der Waals surface area contributed by atoms with Crippen molar-refractivity contribution in [3.8, 4) is 11.5 Å². The van der Waals surface area contributed by atoms with E-state index in [0.717, 1.165) is 5.01 Å². The normalized spacial score (nSPS) is 15.1. The summed E-state index contributed by atoms with van der Waals surface area (Å²) in [4.78, 5) is 49.0. The van der Waals surface area contributed by atoms with E-state index in [1.165, 1.54) is 14.2 Å². The number of hydrazine groups is 1. The number of amides is 3. The van der Waals surface area contributed by atoms with Gasteiger partial charge in [-0.15, -0.1) is 0 Å². The molecule has 0 spiro atoms. The summed E-state index contributed by atoms with van der Waals surface area (Å²) < 4.78 is 15.2. The van der Waals surface area contributed by atoms with Crippen LogP contribution in [0.4, 0.5) is 5.69 Å². The molecular formula is C22H23N3O7. The van der Waals surface area contributed by atoms with Crippen LogP contribution in [0.2, 0.25) is 0 Å². The molecule has 1 heterocycles. The molecule has 10 heteroatoms.